The second-order valence-electron chi connectivity index (χ2n) is 7.12. The minimum absolute atomic E-state index is 0.251. The molecule has 0 aliphatic rings. The highest BCUT2D eigenvalue weighted by atomic mass is 28.3. The number of hydrogen-bond acceptors (Lipinski definition) is 3. The molecule has 1 aromatic heterocycles. The lowest BCUT2D eigenvalue weighted by Gasteiger charge is -2.15. The van der Waals surface area contributed by atoms with Gasteiger partial charge >= 0.3 is 6.36 Å². The molecule has 0 saturated heterocycles. The maximum atomic E-state index is 12.6. The molecule has 0 unspecified atom stereocenters. The number of rotatable bonds is 8. The lowest BCUT2D eigenvalue weighted by atomic mass is 10.0. The van der Waals surface area contributed by atoms with Crippen LogP contribution >= 0.6 is 0 Å². The molecule has 142 valence electrons. The van der Waals surface area contributed by atoms with Crippen molar-refractivity contribution in [2.75, 3.05) is 6.61 Å². The highest BCUT2D eigenvalue weighted by Gasteiger charge is 2.32. The van der Waals surface area contributed by atoms with Gasteiger partial charge in [-0.2, -0.15) is 5.10 Å². The molecule has 0 N–H and O–H groups in total. The van der Waals surface area contributed by atoms with Gasteiger partial charge in [0.15, 0.2) is 0 Å². The van der Waals surface area contributed by atoms with Gasteiger partial charge in [0.1, 0.15) is 12.5 Å². The molecule has 2 aromatic rings. The largest absolute Gasteiger partial charge is 0.573 e. The van der Waals surface area contributed by atoms with Gasteiger partial charge < -0.3 is 9.47 Å². The first kappa shape index (κ1) is 20.3. The van der Waals surface area contributed by atoms with Gasteiger partial charge in [0.25, 0.3) is 0 Å². The normalized spacial score (nSPS) is 12.2. The molecule has 0 spiro atoms. The van der Waals surface area contributed by atoms with Crippen LogP contribution in [0.15, 0.2) is 37.2 Å². The van der Waals surface area contributed by atoms with Gasteiger partial charge in [0.05, 0.1) is 6.20 Å². The van der Waals surface area contributed by atoms with Crippen molar-refractivity contribution in [3.05, 3.63) is 42.7 Å². The fourth-order valence-corrected chi connectivity index (χ4v) is 2.98. The van der Waals surface area contributed by atoms with E-state index < -0.39 is 14.4 Å². The predicted octanol–water partition coefficient (Wildman–Crippen LogP) is 5.40. The van der Waals surface area contributed by atoms with E-state index in [-0.39, 0.29) is 12.5 Å². The zero-order valence-electron chi connectivity index (χ0n) is 15.1. The molecule has 0 aliphatic carbocycles. The second kappa shape index (κ2) is 8.09. The highest BCUT2D eigenvalue weighted by molar-refractivity contribution is 6.76. The molecular weight excluding hydrogens is 361 g/mol. The zero-order valence-corrected chi connectivity index (χ0v) is 16.1. The van der Waals surface area contributed by atoms with Crippen LogP contribution in [-0.4, -0.2) is 30.8 Å². The summed E-state index contributed by atoms with van der Waals surface area (Å²) in [5, 5.41) is 4.16. The van der Waals surface area contributed by atoms with E-state index in [1.807, 2.05) is 0 Å². The Kier molecular flexibility index (Phi) is 6.30. The van der Waals surface area contributed by atoms with Crippen molar-refractivity contribution in [2.24, 2.45) is 0 Å². The van der Waals surface area contributed by atoms with Crippen molar-refractivity contribution < 1.29 is 22.6 Å². The third kappa shape index (κ3) is 6.34. The summed E-state index contributed by atoms with van der Waals surface area (Å²) in [6.07, 6.45) is -0.0710. The smallest absolute Gasteiger partial charge is 0.405 e. The summed E-state index contributed by atoms with van der Waals surface area (Å²) in [7, 11) is -1.17. The van der Waals surface area contributed by atoms with Gasteiger partial charge in [0, 0.05) is 32.0 Å². The van der Waals surface area contributed by atoms with Gasteiger partial charge in [-0.05, 0) is 23.7 Å². The van der Waals surface area contributed by atoms with Gasteiger partial charge in [-0.25, -0.2) is 4.68 Å². The van der Waals surface area contributed by atoms with E-state index in [4.69, 9.17) is 4.74 Å². The molecule has 0 amide bonds. The molecule has 0 saturated carbocycles. The Morgan fingerprint density at radius 1 is 1.27 bits per heavy atom. The van der Waals surface area contributed by atoms with E-state index in [0.717, 1.165) is 6.04 Å². The maximum Gasteiger partial charge on any atom is 0.573 e. The maximum absolute atomic E-state index is 12.6. The third-order valence-electron chi connectivity index (χ3n) is 3.63. The van der Waals surface area contributed by atoms with Crippen LogP contribution in [0.3, 0.4) is 0 Å². The minimum atomic E-state index is -4.76. The summed E-state index contributed by atoms with van der Waals surface area (Å²) in [4.78, 5) is 0. The average Bonchev–Trinajstić information content (AvgIpc) is 2.98. The molecule has 0 bridgehead atoms. The molecule has 1 aromatic carbocycles. The van der Waals surface area contributed by atoms with Crippen molar-refractivity contribution >= 4 is 14.1 Å². The second-order valence-corrected chi connectivity index (χ2v) is 12.7. The molecule has 2 rings (SSSR count). The van der Waals surface area contributed by atoms with Crippen LogP contribution in [0.1, 0.15) is 5.56 Å². The van der Waals surface area contributed by atoms with E-state index in [9.17, 15) is 13.2 Å². The van der Waals surface area contributed by atoms with Crippen LogP contribution in [0.2, 0.25) is 25.7 Å². The Balaban J connectivity index is 2.15. The minimum Gasteiger partial charge on any atom is -0.405 e. The van der Waals surface area contributed by atoms with E-state index in [2.05, 4.69) is 36.1 Å². The van der Waals surface area contributed by atoms with Gasteiger partial charge in [-0.1, -0.05) is 38.4 Å². The van der Waals surface area contributed by atoms with Crippen molar-refractivity contribution in [2.45, 2.75) is 38.8 Å². The number of aromatic nitrogens is 2. The van der Waals surface area contributed by atoms with E-state index in [1.54, 1.807) is 23.0 Å². The highest BCUT2D eigenvalue weighted by Crippen LogP contribution is 2.34. The monoisotopic (exact) mass is 384 g/mol. The van der Waals surface area contributed by atoms with Crippen LogP contribution in [0.25, 0.3) is 17.2 Å². The van der Waals surface area contributed by atoms with Gasteiger partial charge in [-0.3, -0.25) is 0 Å². The van der Waals surface area contributed by atoms with Crippen molar-refractivity contribution in [3.63, 3.8) is 0 Å². The third-order valence-corrected chi connectivity index (χ3v) is 5.33. The van der Waals surface area contributed by atoms with Crippen molar-refractivity contribution in [3.8, 4) is 16.9 Å². The molecule has 4 nitrogen and oxygen atoms in total. The summed E-state index contributed by atoms with van der Waals surface area (Å²) >= 11 is 0. The number of halogens is 3. The molecular formula is C18H23F3N2O2Si. The molecule has 0 fully saturated rings. The molecule has 0 atom stereocenters. The standard InChI is InChI=1S/C18H23F3N2O2Si/c1-5-14-6-7-17(25-18(19,20)21)16(10-14)15-11-22-23(12-15)13-24-8-9-26(2,3)4/h5-7,10-12H,1,8-9,13H2,2-4H3. The van der Waals surface area contributed by atoms with E-state index in [0.29, 0.717) is 23.3 Å². The predicted molar refractivity (Wildman–Crippen MR) is 98.5 cm³/mol. The number of benzene rings is 1. The SMILES string of the molecule is C=Cc1ccc(OC(F)(F)F)c(-c2cnn(COCC[Si](C)(C)C)c2)c1. The van der Waals surface area contributed by atoms with Crippen molar-refractivity contribution in [1.29, 1.82) is 0 Å². The molecule has 0 aliphatic heterocycles. The molecule has 26 heavy (non-hydrogen) atoms. The first-order chi connectivity index (χ1) is 12.1. The number of nitrogens with zero attached hydrogens (tertiary/aromatic N) is 2. The molecule has 8 heteroatoms. The first-order valence-electron chi connectivity index (χ1n) is 8.20. The molecule has 1 heterocycles. The first-order valence-corrected chi connectivity index (χ1v) is 11.9. The van der Waals surface area contributed by atoms with Crippen LogP contribution in [0.5, 0.6) is 5.75 Å². The summed E-state index contributed by atoms with van der Waals surface area (Å²) in [6.45, 7) is 11.3. The fourth-order valence-electron chi connectivity index (χ4n) is 2.22. The van der Waals surface area contributed by atoms with Gasteiger partial charge in [-0.15, -0.1) is 13.2 Å². The Labute approximate surface area is 152 Å². The zero-order chi connectivity index (χ0) is 19.4. The summed E-state index contributed by atoms with van der Waals surface area (Å²) < 4.78 is 49.2. The number of alkyl halides is 3. The van der Waals surface area contributed by atoms with Crippen LogP contribution in [-0.2, 0) is 11.5 Å². The average molecular weight is 384 g/mol. The Bertz CT molecular complexity index is 752. The lowest BCUT2D eigenvalue weighted by Crippen LogP contribution is -2.22. The molecule has 0 radical (unpaired) electrons. The van der Waals surface area contributed by atoms with Crippen molar-refractivity contribution in [1.82, 2.24) is 9.78 Å². The Morgan fingerprint density at radius 3 is 2.62 bits per heavy atom. The van der Waals surface area contributed by atoms with E-state index in [1.165, 1.54) is 18.3 Å². The quantitative estimate of drug-likeness (QED) is 0.451. The number of ether oxygens (including phenoxy) is 2. The van der Waals surface area contributed by atoms with Crippen LogP contribution < -0.4 is 4.74 Å². The summed E-state index contributed by atoms with van der Waals surface area (Å²) in [5.74, 6) is -0.276. The van der Waals surface area contributed by atoms with Gasteiger partial charge in [0.2, 0.25) is 0 Å². The summed E-state index contributed by atoms with van der Waals surface area (Å²) in [5.41, 5.74) is 1.50. The van der Waals surface area contributed by atoms with Crippen LogP contribution in [0.4, 0.5) is 13.2 Å². The number of hydrogen-bond donors (Lipinski definition) is 0. The van der Waals surface area contributed by atoms with Crippen LogP contribution in [0, 0.1) is 0 Å². The lowest BCUT2D eigenvalue weighted by molar-refractivity contribution is -0.274. The topological polar surface area (TPSA) is 36.3 Å². The van der Waals surface area contributed by atoms with E-state index >= 15 is 0 Å². The Hall–Kier alpha value is -2.06. The fraction of sp³-hybridized carbons (Fsp3) is 0.389. The Morgan fingerprint density at radius 2 is 2.00 bits per heavy atom. The summed E-state index contributed by atoms with van der Waals surface area (Å²) in [6, 6.07) is 5.41.